The Kier molecular flexibility index (Phi) is 5.90. The van der Waals surface area contributed by atoms with Crippen molar-refractivity contribution in [2.45, 2.75) is 25.3 Å². The van der Waals surface area contributed by atoms with Gasteiger partial charge in [-0.25, -0.2) is 4.79 Å². The number of primary amides is 1. The van der Waals surface area contributed by atoms with Gasteiger partial charge < -0.3 is 20.1 Å². The Morgan fingerprint density at radius 1 is 1.04 bits per heavy atom. The quantitative estimate of drug-likeness (QED) is 0.779. The van der Waals surface area contributed by atoms with Gasteiger partial charge in [-0.15, -0.1) is 0 Å². The van der Waals surface area contributed by atoms with Crippen molar-refractivity contribution in [3.05, 3.63) is 42.5 Å². The maximum absolute atomic E-state index is 12.2. The molecule has 1 aliphatic rings. The second-order valence-corrected chi connectivity index (χ2v) is 6.46. The molecule has 0 bridgehead atoms. The highest BCUT2D eigenvalue weighted by Crippen LogP contribution is 2.20. The van der Waals surface area contributed by atoms with Gasteiger partial charge in [0.05, 0.1) is 0 Å². The number of nitrogens with two attached hydrogens (primary N) is 1. The number of fused-ring (bicyclic) bond motifs is 1. The van der Waals surface area contributed by atoms with Gasteiger partial charge in [0.15, 0.2) is 13.2 Å². The zero-order valence-corrected chi connectivity index (χ0v) is 14.9. The third-order valence-corrected chi connectivity index (χ3v) is 4.59. The monoisotopic (exact) mass is 370 g/mol. The van der Waals surface area contributed by atoms with Crippen molar-refractivity contribution < 1.29 is 23.9 Å². The average Bonchev–Trinajstić information content (AvgIpc) is 2.70. The molecule has 0 unspecified atom stereocenters. The lowest BCUT2D eigenvalue weighted by Crippen LogP contribution is -2.51. The number of rotatable bonds is 6. The molecule has 2 amide bonds. The van der Waals surface area contributed by atoms with Crippen molar-refractivity contribution in [3.8, 4) is 5.75 Å². The van der Waals surface area contributed by atoms with Crippen molar-refractivity contribution in [2.24, 2.45) is 5.73 Å². The molecule has 142 valence electrons. The lowest BCUT2D eigenvalue weighted by atomic mass is 10.0. The highest BCUT2D eigenvalue weighted by Gasteiger charge is 2.30. The number of nitrogens with zero attached hydrogens (tertiary/aromatic N) is 1. The number of piperidine rings is 1. The molecule has 7 heteroatoms. The van der Waals surface area contributed by atoms with Crippen LogP contribution in [0.25, 0.3) is 10.8 Å². The molecule has 2 aromatic rings. The molecule has 0 aromatic heterocycles. The van der Waals surface area contributed by atoms with Crippen molar-refractivity contribution in [2.75, 3.05) is 19.8 Å². The van der Waals surface area contributed by atoms with Crippen LogP contribution in [0.3, 0.4) is 0 Å². The number of likely N-dealkylation sites (tertiary alicyclic amines) is 1. The fourth-order valence-electron chi connectivity index (χ4n) is 3.19. The second kappa shape index (κ2) is 8.53. The molecule has 1 heterocycles. The number of ether oxygens (including phenoxy) is 2. The smallest absolute Gasteiger partial charge is 0.344 e. The molecule has 0 saturated carbocycles. The van der Waals surface area contributed by atoms with E-state index < -0.39 is 30.4 Å². The minimum atomic E-state index is -0.649. The van der Waals surface area contributed by atoms with Gasteiger partial charge in [0.25, 0.3) is 5.91 Å². The Bertz CT molecular complexity index is 851. The zero-order valence-electron chi connectivity index (χ0n) is 14.9. The lowest BCUT2D eigenvalue weighted by molar-refractivity contribution is -0.156. The molecule has 1 fully saturated rings. The van der Waals surface area contributed by atoms with E-state index in [-0.39, 0.29) is 6.61 Å². The summed E-state index contributed by atoms with van der Waals surface area (Å²) in [5, 5.41) is 2.07. The molecule has 1 aliphatic heterocycles. The van der Waals surface area contributed by atoms with E-state index in [1.54, 1.807) is 6.07 Å². The number of carbonyl (C=O) groups is 3. The van der Waals surface area contributed by atoms with Gasteiger partial charge in [-0.1, -0.05) is 30.3 Å². The number of hydrogen-bond donors (Lipinski definition) is 1. The van der Waals surface area contributed by atoms with E-state index in [4.69, 9.17) is 15.2 Å². The Morgan fingerprint density at radius 3 is 2.59 bits per heavy atom. The summed E-state index contributed by atoms with van der Waals surface area (Å²) in [6, 6.07) is 12.7. The molecule has 7 nitrogen and oxygen atoms in total. The van der Waals surface area contributed by atoms with E-state index in [1.165, 1.54) is 4.90 Å². The van der Waals surface area contributed by atoms with Crippen molar-refractivity contribution in [1.82, 2.24) is 4.90 Å². The summed E-state index contributed by atoms with van der Waals surface area (Å²) in [7, 11) is 0. The Hall–Kier alpha value is -3.09. The number of hydrogen-bond acceptors (Lipinski definition) is 5. The molecule has 27 heavy (non-hydrogen) atoms. The molecule has 2 N–H and O–H groups in total. The van der Waals surface area contributed by atoms with E-state index in [2.05, 4.69) is 0 Å². The number of benzene rings is 2. The van der Waals surface area contributed by atoms with Gasteiger partial charge in [-0.05, 0) is 42.2 Å². The van der Waals surface area contributed by atoms with E-state index in [0.29, 0.717) is 18.7 Å². The summed E-state index contributed by atoms with van der Waals surface area (Å²) >= 11 is 0. The minimum absolute atomic E-state index is 0.301. The fourth-order valence-corrected chi connectivity index (χ4v) is 3.19. The van der Waals surface area contributed by atoms with Crippen LogP contribution in [0.2, 0.25) is 0 Å². The zero-order chi connectivity index (χ0) is 19.2. The standard InChI is InChI=1S/C20H22N2O5/c21-20(25)17-7-3-4-10-22(17)18(23)12-27-19(24)13-26-16-9-8-14-5-1-2-6-15(14)11-16/h1-2,5-6,8-9,11,17H,3-4,7,10,12-13H2,(H2,21,25)/t17-/m1/s1. The number of esters is 1. The van der Waals surface area contributed by atoms with Crippen LogP contribution in [-0.4, -0.2) is 48.5 Å². The number of carbonyl (C=O) groups excluding carboxylic acids is 3. The fraction of sp³-hybridized carbons (Fsp3) is 0.350. The highest BCUT2D eigenvalue weighted by molar-refractivity contribution is 5.88. The molecule has 0 aliphatic carbocycles. The van der Waals surface area contributed by atoms with Gasteiger partial charge in [0.1, 0.15) is 11.8 Å². The van der Waals surface area contributed by atoms with Crippen LogP contribution in [-0.2, 0) is 19.1 Å². The maximum Gasteiger partial charge on any atom is 0.344 e. The topological polar surface area (TPSA) is 98.9 Å². The van der Waals surface area contributed by atoms with Gasteiger partial charge in [-0.2, -0.15) is 0 Å². The van der Waals surface area contributed by atoms with Gasteiger partial charge in [0.2, 0.25) is 5.91 Å². The van der Waals surface area contributed by atoms with Crippen LogP contribution >= 0.6 is 0 Å². The number of amides is 2. The van der Waals surface area contributed by atoms with E-state index in [1.807, 2.05) is 36.4 Å². The lowest BCUT2D eigenvalue weighted by Gasteiger charge is -2.33. The molecule has 0 radical (unpaired) electrons. The normalized spacial score (nSPS) is 16.7. The highest BCUT2D eigenvalue weighted by atomic mass is 16.6. The first-order valence-electron chi connectivity index (χ1n) is 8.90. The van der Waals surface area contributed by atoms with Gasteiger partial charge in [0, 0.05) is 6.54 Å². The van der Waals surface area contributed by atoms with Gasteiger partial charge in [-0.3, -0.25) is 9.59 Å². The Balaban J connectivity index is 1.48. The summed E-state index contributed by atoms with van der Waals surface area (Å²) < 4.78 is 10.4. The Labute approximate surface area is 157 Å². The summed E-state index contributed by atoms with van der Waals surface area (Å²) in [5.41, 5.74) is 5.34. The Morgan fingerprint density at radius 2 is 1.81 bits per heavy atom. The maximum atomic E-state index is 12.2. The van der Waals surface area contributed by atoms with Gasteiger partial charge >= 0.3 is 5.97 Å². The largest absolute Gasteiger partial charge is 0.482 e. The van der Waals surface area contributed by atoms with Crippen LogP contribution in [0.4, 0.5) is 0 Å². The van der Waals surface area contributed by atoms with Crippen LogP contribution in [0.1, 0.15) is 19.3 Å². The van der Waals surface area contributed by atoms with Crippen molar-refractivity contribution in [1.29, 1.82) is 0 Å². The first-order chi connectivity index (χ1) is 13.0. The molecule has 0 spiro atoms. The predicted octanol–water partition coefficient (Wildman–Crippen LogP) is 1.63. The van der Waals surface area contributed by atoms with Crippen LogP contribution < -0.4 is 10.5 Å². The van der Waals surface area contributed by atoms with E-state index in [0.717, 1.165) is 23.6 Å². The summed E-state index contributed by atoms with van der Waals surface area (Å²) in [4.78, 5) is 37.0. The third-order valence-electron chi connectivity index (χ3n) is 4.59. The molecule has 2 aromatic carbocycles. The average molecular weight is 370 g/mol. The molecule has 3 rings (SSSR count). The molecule has 1 saturated heterocycles. The molecular formula is C20H22N2O5. The van der Waals surface area contributed by atoms with Crippen LogP contribution in [0.15, 0.2) is 42.5 Å². The summed E-state index contributed by atoms with van der Waals surface area (Å²) in [5.74, 6) is -1.06. The van der Waals surface area contributed by atoms with Crippen LogP contribution in [0.5, 0.6) is 5.75 Å². The summed E-state index contributed by atoms with van der Waals surface area (Å²) in [6.07, 6.45) is 2.19. The van der Waals surface area contributed by atoms with E-state index in [9.17, 15) is 14.4 Å². The first-order valence-corrected chi connectivity index (χ1v) is 8.90. The first kappa shape index (κ1) is 18.7. The molecular weight excluding hydrogens is 348 g/mol. The van der Waals surface area contributed by atoms with E-state index >= 15 is 0 Å². The third kappa shape index (κ3) is 4.75. The summed E-state index contributed by atoms with van der Waals surface area (Å²) in [6.45, 7) is -0.286. The predicted molar refractivity (Wildman–Crippen MR) is 98.9 cm³/mol. The minimum Gasteiger partial charge on any atom is -0.482 e. The van der Waals surface area contributed by atoms with Crippen molar-refractivity contribution >= 4 is 28.6 Å². The molecule has 1 atom stereocenters. The second-order valence-electron chi connectivity index (χ2n) is 6.46. The van der Waals surface area contributed by atoms with Crippen molar-refractivity contribution in [3.63, 3.8) is 0 Å². The SMILES string of the molecule is NC(=O)[C@H]1CCCCN1C(=O)COC(=O)COc1ccc2ccccc2c1. The van der Waals surface area contributed by atoms with Crippen LogP contribution in [0, 0.1) is 0 Å².